The molecular weight excluding hydrogens is 229 g/mol. The fourth-order valence-corrected chi connectivity index (χ4v) is 2.16. The lowest BCUT2D eigenvalue weighted by atomic mass is 9.86. The lowest BCUT2D eigenvalue weighted by Gasteiger charge is -2.26. The van der Waals surface area contributed by atoms with Crippen molar-refractivity contribution in [2.45, 2.75) is 25.8 Å². The topological polar surface area (TPSA) is 12.4 Å². The van der Waals surface area contributed by atoms with E-state index in [0.29, 0.717) is 17.8 Å². The second kappa shape index (κ2) is 5.00. The van der Waals surface area contributed by atoms with Gasteiger partial charge in [0.05, 0.1) is 17.6 Å². The van der Waals surface area contributed by atoms with Crippen LogP contribution in [0.4, 0.5) is 0 Å². The summed E-state index contributed by atoms with van der Waals surface area (Å²) in [6.45, 7) is 4.37. The van der Waals surface area contributed by atoms with Gasteiger partial charge in [-0.25, -0.2) is 0 Å². The fourth-order valence-electron chi connectivity index (χ4n) is 1.95. The van der Waals surface area contributed by atoms with E-state index in [0.717, 1.165) is 5.71 Å². The molecule has 0 radical (unpaired) electrons. The maximum atomic E-state index is 5.89. The predicted octanol–water partition coefficient (Wildman–Crippen LogP) is 3.64. The number of hydrogen-bond donors (Lipinski definition) is 0. The van der Waals surface area contributed by atoms with Crippen molar-refractivity contribution in [1.29, 1.82) is 0 Å². The zero-order valence-corrected chi connectivity index (χ0v) is 10.5. The molecular formula is C12H15Cl2N. The standard InChI is InChI=1S/C12H14ClN.ClH/c1-8-9(2)14-12(7-13)11-6-4-3-5-10(8)11;/h3-6,8-9H,7H2,1-2H3;1H/t8-,9+;/m0./s1. The van der Waals surface area contributed by atoms with Crippen molar-refractivity contribution in [3.05, 3.63) is 35.4 Å². The minimum absolute atomic E-state index is 0. The first kappa shape index (κ1) is 12.5. The van der Waals surface area contributed by atoms with Crippen molar-refractivity contribution in [3.63, 3.8) is 0 Å². The quantitative estimate of drug-likeness (QED) is 0.669. The molecule has 0 saturated heterocycles. The van der Waals surface area contributed by atoms with Crippen LogP contribution in [0.25, 0.3) is 0 Å². The van der Waals surface area contributed by atoms with E-state index >= 15 is 0 Å². The molecule has 0 aromatic heterocycles. The average Bonchev–Trinajstić information content (AvgIpc) is 2.23. The molecule has 1 aromatic rings. The summed E-state index contributed by atoms with van der Waals surface area (Å²) in [7, 11) is 0. The van der Waals surface area contributed by atoms with Crippen LogP contribution in [0.5, 0.6) is 0 Å². The average molecular weight is 244 g/mol. The highest BCUT2D eigenvalue weighted by Crippen LogP contribution is 2.30. The van der Waals surface area contributed by atoms with E-state index < -0.39 is 0 Å². The zero-order chi connectivity index (χ0) is 10.1. The van der Waals surface area contributed by atoms with E-state index in [1.54, 1.807) is 0 Å². The van der Waals surface area contributed by atoms with Crippen LogP contribution in [0.3, 0.4) is 0 Å². The Morgan fingerprint density at radius 3 is 2.60 bits per heavy atom. The van der Waals surface area contributed by atoms with Crippen LogP contribution < -0.4 is 0 Å². The number of fused-ring (bicyclic) bond motifs is 1. The minimum atomic E-state index is 0. The number of rotatable bonds is 1. The second-order valence-electron chi connectivity index (χ2n) is 3.83. The molecule has 1 aliphatic rings. The van der Waals surface area contributed by atoms with Crippen molar-refractivity contribution in [2.24, 2.45) is 4.99 Å². The number of aliphatic imine (C=N–C) groups is 1. The van der Waals surface area contributed by atoms with Gasteiger partial charge in [0.15, 0.2) is 0 Å². The van der Waals surface area contributed by atoms with Crippen LogP contribution in [0, 0.1) is 0 Å². The summed E-state index contributed by atoms with van der Waals surface area (Å²) in [4.78, 5) is 4.61. The SMILES string of the molecule is C[C@@H]1c2ccccc2C(CCl)=N[C@@H]1C.Cl. The molecule has 0 saturated carbocycles. The van der Waals surface area contributed by atoms with E-state index in [1.807, 2.05) is 6.07 Å². The van der Waals surface area contributed by atoms with Gasteiger partial charge >= 0.3 is 0 Å². The number of alkyl halides is 1. The Labute approximate surface area is 102 Å². The first-order chi connectivity index (χ1) is 6.74. The third-order valence-electron chi connectivity index (χ3n) is 2.97. The largest absolute Gasteiger partial charge is 0.284 e. The first-order valence-electron chi connectivity index (χ1n) is 4.96. The fraction of sp³-hybridized carbons (Fsp3) is 0.417. The highest BCUT2D eigenvalue weighted by molar-refractivity contribution is 6.32. The van der Waals surface area contributed by atoms with Gasteiger partial charge < -0.3 is 0 Å². The molecule has 0 bridgehead atoms. The lowest BCUT2D eigenvalue weighted by Crippen LogP contribution is -2.23. The summed E-state index contributed by atoms with van der Waals surface area (Å²) >= 11 is 5.89. The molecule has 0 unspecified atom stereocenters. The molecule has 1 aliphatic heterocycles. The molecule has 1 aromatic carbocycles. The first-order valence-corrected chi connectivity index (χ1v) is 5.49. The Kier molecular flexibility index (Phi) is 4.18. The monoisotopic (exact) mass is 243 g/mol. The highest BCUT2D eigenvalue weighted by atomic mass is 35.5. The number of benzene rings is 1. The van der Waals surface area contributed by atoms with Crippen molar-refractivity contribution < 1.29 is 0 Å². The number of halogens is 2. The van der Waals surface area contributed by atoms with Gasteiger partial charge in [-0.2, -0.15) is 0 Å². The lowest BCUT2D eigenvalue weighted by molar-refractivity contribution is 0.605. The van der Waals surface area contributed by atoms with E-state index in [-0.39, 0.29) is 12.4 Å². The maximum absolute atomic E-state index is 5.89. The third-order valence-corrected chi connectivity index (χ3v) is 3.23. The molecule has 2 atom stereocenters. The zero-order valence-electron chi connectivity index (χ0n) is 8.90. The summed E-state index contributed by atoms with van der Waals surface area (Å²) in [5.74, 6) is 1.01. The Balaban J connectivity index is 0.00000112. The second-order valence-corrected chi connectivity index (χ2v) is 4.09. The van der Waals surface area contributed by atoms with Crippen LogP contribution >= 0.6 is 24.0 Å². The molecule has 82 valence electrons. The molecule has 3 heteroatoms. The smallest absolute Gasteiger partial charge is 0.0649 e. The Morgan fingerprint density at radius 1 is 1.27 bits per heavy atom. The molecule has 1 nitrogen and oxygen atoms in total. The number of hydrogen-bond acceptors (Lipinski definition) is 1. The van der Waals surface area contributed by atoms with E-state index in [2.05, 4.69) is 37.0 Å². The molecule has 0 aliphatic carbocycles. The summed E-state index contributed by atoms with van der Waals surface area (Å²) < 4.78 is 0. The van der Waals surface area contributed by atoms with Gasteiger partial charge in [0.25, 0.3) is 0 Å². The molecule has 0 spiro atoms. The molecule has 0 amide bonds. The molecule has 0 fully saturated rings. The van der Waals surface area contributed by atoms with Crippen LogP contribution in [0.1, 0.15) is 30.9 Å². The Hall–Kier alpha value is -0.530. The van der Waals surface area contributed by atoms with Gasteiger partial charge in [0.1, 0.15) is 0 Å². The van der Waals surface area contributed by atoms with Crippen molar-refractivity contribution in [2.75, 3.05) is 5.88 Å². The van der Waals surface area contributed by atoms with Gasteiger partial charge in [-0.1, -0.05) is 31.2 Å². The van der Waals surface area contributed by atoms with E-state index in [9.17, 15) is 0 Å². The third kappa shape index (κ3) is 2.19. The maximum Gasteiger partial charge on any atom is 0.0649 e. The van der Waals surface area contributed by atoms with Gasteiger partial charge in [-0.15, -0.1) is 24.0 Å². The summed E-state index contributed by atoms with van der Waals surface area (Å²) in [6.07, 6.45) is 0. The van der Waals surface area contributed by atoms with Gasteiger partial charge in [-0.05, 0) is 12.5 Å². The van der Waals surface area contributed by atoms with Gasteiger partial charge in [0, 0.05) is 11.5 Å². The van der Waals surface area contributed by atoms with Crippen molar-refractivity contribution >= 4 is 29.7 Å². The highest BCUT2D eigenvalue weighted by Gasteiger charge is 2.23. The molecule has 0 N–H and O–H groups in total. The van der Waals surface area contributed by atoms with Crippen molar-refractivity contribution in [3.8, 4) is 0 Å². The van der Waals surface area contributed by atoms with Crippen molar-refractivity contribution in [1.82, 2.24) is 0 Å². The van der Waals surface area contributed by atoms with Crippen LogP contribution in [-0.4, -0.2) is 17.6 Å². The normalized spacial score (nSPS) is 23.8. The van der Waals surface area contributed by atoms with E-state index in [4.69, 9.17) is 11.6 Å². The molecule has 15 heavy (non-hydrogen) atoms. The van der Waals surface area contributed by atoms with Crippen LogP contribution in [0.15, 0.2) is 29.3 Å². The van der Waals surface area contributed by atoms with Gasteiger partial charge in [0.2, 0.25) is 0 Å². The molecule has 1 heterocycles. The Bertz CT molecular complexity index is 374. The number of nitrogens with zero attached hydrogens (tertiary/aromatic N) is 1. The predicted molar refractivity (Wildman–Crippen MR) is 68.8 cm³/mol. The summed E-state index contributed by atoms with van der Waals surface area (Å²) in [6, 6.07) is 8.76. The summed E-state index contributed by atoms with van der Waals surface area (Å²) in [5, 5.41) is 0. The minimum Gasteiger partial charge on any atom is -0.284 e. The van der Waals surface area contributed by atoms with Crippen LogP contribution in [-0.2, 0) is 0 Å². The Morgan fingerprint density at radius 2 is 1.93 bits per heavy atom. The molecule has 2 rings (SSSR count). The van der Waals surface area contributed by atoms with E-state index in [1.165, 1.54) is 11.1 Å². The van der Waals surface area contributed by atoms with Gasteiger partial charge in [-0.3, -0.25) is 4.99 Å². The summed E-state index contributed by atoms with van der Waals surface area (Å²) in [5.41, 5.74) is 3.65. The van der Waals surface area contributed by atoms with Crippen LogP contribution in [0.2, 0.25) is 0 Å².